The SMILES string of the molecule is CCOc1ccccc1NC(=O)[C@@H](NCCc1cccs1)c1ccccc1. The second-order valence-corrected chi connectivity index (χ2v) is 7.08. The summed E-state index contributed by atoms with van der Waals surface area (Å²) in [4.78, 5) is 14.3. The molecule has 0 aliphatic carbocycles. The van der Waals surface area contributed by atoms with Crippen molar-refractivity contribution in [3.8, 4) is 5.75 Å². The van der Waals surface area contributed by atoms with Gasteiger partial charge in [-0.3, -0.25) is 4.79 Å². The molecule has 1 amide bonds. The van der Waals surface area contributed by atoms with Crippen molar-refractivity contribution in [2.24, 2.45) is 0 Å². The maximum atomic E-state index is 13.0. The minimum absolute atomic E-state index is 0.0977. The van der Waals surface area contributed by atoms with E-state index < -0.39 is 6.04 Å². The summed E-state index contributed by atoms with van der Waals surface area (Å²) in [6.45, 7) is 3.20. The summed E-state index contributed by atoms with van der Waals surface area (Å²) < 4.78 is 5.62. The van der Waals surface area contributed by atoms with Crippen molar-refractivity contribution in [3.05, 3.63) is 82.6 Å². The van der Waals surface area contributed by atoms with Gasteiger partial charge in [-0.05, 0) is 42.5 Å². The zero-order valence-electron chi connectivity index (χ0n) is 15.4. The van der Waals surface area contributed by atoms with E-state index in [1.165, 1.54) is 4.88 Å². The largest absolute Gasteiger partial charge is 0.492 e. The van der Waals surface area contributed by atoms with Crippen LogP contribution in [0, 0.1) is 0 Å². The first kappa shape index (κ1) is 19.1. The molecule has 0 bridgehead atoms. The highest BCUT2D eigenvalue weighted by Gasteiger charge is 2.21. The standard InChI is InChI=1S/C22H24N2O2S/c1-2-26-20-13-7-6-12-19(20)24-22(25)21(17-9-4-3-5-10-17)23-15-14-18-11-8-16-27-18/h3-13,16,21,23H,2,14-15H2,1H3,(H,24,25)/t21-/m0/s1. The second kappa shape index (κ2) is 9.90. The van der Waals surface area contributed by atoms with Crippen LogP contribution < -0.4 is 15.4 Å². The number of anilines is 1. The normalized spacial score (nSPS) is 11.7. The third kappa shape index (κ3) is 5.42. The van der Waals surface area contributed by atoms with Crippen molar-refractivity contribution in [1.82, 2.24) is 5.32 Å². The summed E-state index contributed by atoms with van der Waals surface area (Å²) in [5.74, 6) is 0.582. The fraction of sp³-hybridized carbons (Fsp3) is 0.227. The van der Waals surface area contributed by atoms with Crippen molar-refractivity contribution >= 4 is 22.9 Å². The molecule has 0 unspecified atom stereocenters. The molecule has 1 heterocycles. The maximum Gasteiger partial charge on any atom is 0.246 e. The van der Waals surface area contributed by atoms with Gasteiger partial charge in [0.15, 0.2) is 0 Å². The van der Waals surface area contributed by atoms with Gasteiger partial charge in [0.1, 0.15) is 11.8 Å². The molecule has 0 fully saturated rings. The number of hydrogen-bond acceptors (Lipinski definition) is 4. The van der Waals surface area contributed by atoms with Crippen LogP contribution in [0.5, 0.6) is 5.75 Å². The van der Waals surface area contributed by atoms with Gasteiger partial charge < -0.3 is 15.4 Å². The first-order valence-electron chi connectivity index (χ1n) is 9.11. The van der Waals surface area contributed by atoms with Gasteiger partial charge in [0.2, 0.25) is 5.91 Å². The number of rotatable bonds is 9. The zero-order chi connectivity index (χ0) is 18.9. The predicted molar refractivity (Wildman–Crippen MR) is 111 cm³/mol. The third-order valence-corrected chi connectivity index (χ3v) is 5.08. The number of carbonyl (C=O) groups is 1. The summed E-state index contributed by atoms with van der Waals surface area (Å²) >= 11 is 1.73. The maximum absolute atomic E-state index is 13.0. The van der Waals surface area contributed by atoms with Gasteiger partial charge >= 0.3 is 0 Å². The van der Waals surface area contributed by atoms with Crippen molar-refractivity contribution in [2.75, 3.05) is 18.5 Å². The molecule has 1 atom stereocenters. The number of nitrogens with one attached hydrogen (secondary N) is 2. The Hall–Kier alpha value is -2.63. The third-order valence-electron chi connectivity index (χ3n) is 4.14. The van der Waals surface area contributed by atoms with E-state index >= 15 is 0 Å². The Balaban J connectivity index is 1.72. The molecule has 0 aliphatic heterocycles. The van der Waals surface area contributed by atoms with Crippen LogP contribution in [0.3, 0.4) is 0 Å². The van der Waals surface area contributed by atoms with Crippen LogP contribution in [0.15, 0.2) is 72.1 Å². The van der Waals surface area contributed by atoms with Crippen LogP contribution in [0.2, 0.25) is 0 Å². The Morgan fingerprint density at radius 1 is 1.04 bits per heavy atom. The molecule has 3 aromatic rings. The van der Waals surface area contributed by atoms with Gasteiger partial charge in [0, 0.05) is 11.4 Å². The molecular weight excluding hydrogens is 356 g/mol. The first-order chi connectivity index (χ1) is 13.3. The zero-order valence-corrected chi connectivity index (χ0v) is 16.2. The summed E-state index contributed by atoms with van der Waals surface area (Å²) in [5, 5.41) is 8.48. The summed E-state index contributed by atoms with van der Waals surface area (Å²) in [6, 6.07) is 21.0. The molecule has 4 nitrogen and oxygen atoms in total. The van der Waals surface area contributed by atoms with E-state index in [0.717, 1.165) is 18.5 Å². The highest BCUT2D eigenvalue weighted by atomic mass is 32.1. The van der Waals surface area contributed by atoms with Gasteiger partial charge in [0.05, 0.1) is 12.3 Å². The molecule has 3 rings (SSSR count). The molecule has 0 aliphatic rings. The Morgan fingerprint density at radius 2 is 1.81 bits per heavy atom. The number of amides is 1. The van der Waals surface area contributed by atoms with Gasteiger partial charge in [-0.25, -0.2) is 0 Å². The summed E-state index contributed by atoms with van der Waals surface area (Å²) in [5.41, 5.74) is 1.63. The van der Waals surface area contributed by atoms with E-state index in [0.29, 0.717) is 18.0 Å². The van der Waals surface area contributed by atoms with Crippen LogP contribution >= 0.6 is 11.3 Å². The van der Waals surface area contributed by atoms with E-state index in [1.807, 2.05) is 67.6 Å². The molecule has 2 aromatic carbocycles. The van der Waals surface area contributed by atoms with Gasteiger partial charge in [-0.2, -0.15) is 0 Å². The number of benzene rings is 2. The van der Waals surface area contributed by atoms with Crippen LogP contribution in [0.1, 0.15) is 23.4 Å². The lowest BCUT2D eigenvalue weighted by molar-refractivity contribution is -0.118. The predicted octanol–water partition coefficient (Wildman–Crippen LogP) is 4.66. The van der Waals surface area contributed by atoms with E-state index in [2.05, 4.69) is 22.1 Å². The van der Waals surface area contributed by atoms with Gasteiger partial charge in [-0.15, -0.1) is 11.3 Å². The minimum Gasteiger partial charge on any atom is -0.492 e. The Bertz CT molecular complexity index is 835. The topological polar surface area (TPSA) is 50.4 Å². The van der Waals surface area contributed by atoms with Crippen molar-refractivity contribution in [3.63, 3.8) is 0 Å². The molecule has 27 heavy (non-hydrogen) atoms. The van der Waals surface area contributed by atoms with Crippen LogP contribution in [0.25, 0.3) is 0 Å². The second-order valence-electron chi connectivity index (χ2n) is 6.05. The van der Waals surface area contributed by atoms with E-state index in [1.54, 1.807) is 11.3 Å². The molecule has 5 heteroatoms. The van der Waals surface area contributed by atoms with Crippen molar-refractivity contribution in [1.29, 1.82) is 0 Å². The molecule has 0 saturated heterocycles. The molecule has 1 aromatic heterocycles. The van der Waals surface area contributed by atoms with Crippen LogP contribution in [0.4, 0.5) is 5.69 Å². The molecule has 0 spiro atoms. The summed E-state index contributed by atoms with van der Waals surface area (Å²) in [6.07, 6.45) is 0.893. The molecule has 0 radical (unpaired) electrons. The Morgan fingerprint density at radius 3 is 2.56 bits per heavy atom. The number of para-hydroxylation sites is 2. The van der Waals surface area contributed by atoms with E-state index in [-0.39, 0.29) is 5.91 Å². The Labute approximate surface area is 164 Å². The lowest BCUT2D eigenvalue weighted by Crippen LogP contribution is -2.34. The number of hydrogen-bond donors (Lipinski definition) is 2. The Kier molecular flexibility index (Phi) is 7.02. The fourth-order valence-corrected chi connectivity index (χ4v) is 3.57. The lowest BCUT2D eigenvalue weighted by atomic mass is 10.1. The molecular formula is C22H24N2O2S. The molecule has 2 N–H and O–H groups in total. The van der Waals surface area contributed by atoms with Gasteiger partial charge in [-0.1, -0.05) is 48.5 Å². The van der Waals surface area contributed by atoms with Crippen LogP contribution in [-0.4, -0.2) is 19.1 Å². The number of thiophene rings is 1. The quantitative estimate of drug-likeness (QED) is 0.568. The van der Waals surface area contributed by atoms with Crippen molar-refractivity contribution in [2.45, 2.75) is 19.4 Å². The van der Waals surface area contributed by atoms with E-state index in [4.69, 9.17) is 4.74 Å². The fourth-order valence-electron chi connectivity index (χ4n) is 2.86. The smallest absolute Gasteiger partial charge is 0.246 e. The molecule has 0 saturated carbocycles. The minimum atomic E-state index is -0.430. The van der Waals surface area contributed by atoms with Crippen LogP contribution in [-0.2, 0) is 11.2 Å². The average Bonchev–Trinajstić information content (AvgIpc) is 3.21. The monoisotopic (exact) mass is 380 g/mol. The van der Waals surface area contributed by atoms with Crippen molar-refractivity contribution < 1.29 is 9.53 Å². The average molecular weight is 381 g/mol. The van der Waals surface area contributed by atoms with Gasteiger partial charge in [0.25, 0.3) is 0 Å². The summed E-state index contributed by atoms with van der Waals surface area (Å²) in [7, 11) is 0. The first-order valence-corrected chi connectivity index (χ1v) is 9.99. The lowest BCUT2D eigenvalue weighted by Gasteiger charge is -2.20. The number of ether oxygens (including phenoxy) is 1. The number of carbonyl (C=O) groups excluding carboxylic acids is 1. The van der Waals surface area contributed by atoms with E-state index in [9.17, 15) is 4.79 Å². The molecule has 140 valence electrons. The highest BCUT2D eigenvalue weighted by Crippen LogP contribution is 2.25. The highest BCUT2D eigenvalue weighted by molar-refractivity contribution is 7.09.